The highest BCUT2D eigenvalue weighted by Gasteiger charge is 2.26. The van der Waals surface area contributed by atoms with Crippen molar-refractivity contribution in [3.8, 4) is 0 Å². The Labute approximate surface area is 139 Å². The molecule has 1 saturated heterocycles. The van der Waals surface area contributed by atoms with Crippen LogP contribution < -0.4 is 0 Å². The minimum Gasteiger partial charge on any atom is -0.387 e. The molecular formula is C16H21F2N3OS. The molecule has 0 aromatic heterocycles. The van der Waals surface area contributed by atoms with E-state index in [1.165, 1.54) is 0 Å². The van der Waals surface area contributed by atoms with E-state index in [9.17, 15) is 13.9 Å². The first-order valence-corrected chi connectivity index (χ1v) is 8.72. The summed E-state index contributed by atoms with van der Waals surface area (Å²) in [7, 11) is 0. The number of amidine groups is 1. The van der Waals surface area contributed by atoms with Crippen molar-refractivity contribution >= 4 is 16.9 Å². The molecule has 0 bridgehead atoms. The van der Waals surface area contributed by atoms with E-state index in [-0.39, 0.29) is 5.56 Å². The Kier molecular flexibility index (Phi) is 5.18. The summed E-state index contributed by atoms with van der Waals surface area (Å²) in [6.07, 6.45) is -1.02. The first-order chi connectivity index (χ1) is 11.0. The Morgan fingerprint density at radius 1 is 1.30 bits per heavy atom. The Hall–Kier alpha value is -1.18. The van der Waals surface area contributed by atoms with Crippen molar-refractivity contribution < 1.29 is 13.9 Å². The van der Waals surface area contributed by atoms with Gasteiger partial charge in [0.05, 0.1) is 12.6 Å². The van der Waals surface area contributed by atoms with E-state index in [1.807, 2.05) is 0 Å². The lowest BCUT2D eigenvalue weighted by molar-refractivity contribution is 0.0879. The van der Waals surface area contributed by atoms with Gasteiger partial charge in [0.15, 0.2) is 5.17 Å². The summed E-state index contributed by atoms with van der Waals surface area (Å²) in [5.41, 5.74) is 0.0250. The lowest BCUT2D eigenvalue weighted by Gasteiger charge is -2.36. The summed E-state index contributed by atoms with van der Waals surface area (Å²) in [5, 5.41) is 11.8. The molecule has 0 amide bonds. The zero-order valence-electron chi connectivity index (χ0n) is 13.1. The Morgan fingerprint density at radius 2 is 2.04 bits per heavy atom. The molecule has 4 nitrogen and oxygen atoms in total. The van der Waals surface area contributed by atoms with Crippen LogP contribution in [0.1, 0.15) is 18.6 Å². The second-order valence-electron chi connectivity index (χ2n) is 6.02. The molecule has 2 aliphatic heterocycles. The molecule has 2 heterocycles. The van der Waals surface area contributed by atoms with Crippen LogP contribution in [0, 0.1) is 11.6 Å². The lowest BCUT2D eigenvalue weighted by atomic mass is 10.1. The smallest absolute Gasteiger partial charge is 0.159 e. The van der Waals surface area contributed by atoms with Crippen LogP contribution in [0.5, 0.6) is 0 Å². The third-order valence-corrected chi connectivity index (χ3v) is 5.33. The van der Waals surface area contributed by atoms with Gasteiger partial charge in [-0.25, -0.2) is 8.78 Å². The fraction of sp³-hybridized carbons (Fsp3) is 0.562. The summed E-state index contributed by atoms with van der Waals surface area (Å²) >= 11 is 1.80. The van der Waals surface area contributed by atoms with Gasteiger partial charge >= 0.3 is 0 Å². The molecule has 2 atom stereocenters. The van der Waals surface area contributed by atoms with E-state index < -0.39 is 17.7 Å². The standard InChI is InChI=1S/C16H21F2N3OS/c1-11-9-19-16(23-11)21-6-4-20(5-7-21)10-15(22)13-8-12(17)2-3-14(13)18/h2-3,8,11,15,22H,4-7,9-10H2,1H3. The van der Waals surface area contributed by atoms with Crippen molar-refractivity contribution in [1.82, 2.24) is 9.80 Å². The highest BCUT2D eigenvalue weighted by Crippen LogP contribution is 2.24. The van der Waals surface area contributed by atoms with E-state index >= 15 is 0 Å². The maximum atomic E-state index is 13.7. The van der Waals surface area contributed by atoms with Gasteiger partial charge in [-0.05, 0) is 18.2 Å². The van der Waals surface area contributed by atoms with E-state index in [0.717, 1.165) is 56.1 Å². The van der Waals surface area contributed by atoms with Crippen molar-refractivity contribution in [2.75, 3.05) is 39.3 Å². The number of aliphatic imine (C=N–C) groups is 1. The average Bonchev–Trinajstić information content (AvgIpc) is 2.97. The second kappa shape index (κ2) is 7.15. The number of halogens is 2. The normalized spacial score (nSPS) is 23.9. The van der Waals surface area contributed by atoms with Crippen LogP contribution in [-0.2, 0) is 0 Å². The van der Waals surface area contributed by atoms with Gasteiger partial charge in [-0.15, -0.1) is 0 Å². The van der Waals surface area contributed by atoms with E-state index in [2.05, 4.69) is 21.7 Å². The number of piperazine rings is 1. The first kappa shape index (κ1) is 16.7. The van der Waals surface area contributed by atoms with Crippen LogP contribution in [0.4, 0.5) is 8.78 Å². The largest absolute Gasteiger partial charge is 0.387 e. The highest BCUT2D eigenvalue weighted by molar-refractivity contribution is 8.14. The second-order valence-corrected chi connectivity index (χ2v) is 7.43. The predicted molar refractivity (Wildman–Crippen MR) is 88.7 cm³/mol. The third kappa shape index (κ3) is 4.02. The summed E-state index contributed by atoms with van der Waals surface area (Å²) in [4.78, 5) is 8.88. The number of rotatable bonds is 3. The minimum atomic E-state index is -1.02. The number of hydrogen-bond donors (Lipinski definition) is 1. The van der Waals surface area contributed by atoms with E-state index in [4.69, 9.17) is 0 Å². The predicted octanol–water partition coefficient (Wildman–Crippen LogP) is 2.11. The van der Waals surface area contributed by atoms with Crippen LogP contribution in [0.15, 0.2) is 23.2 Å². The van der Waals surface area contributed by atoms with Crippen molar-refractivity contribution in [3.05, 3.63) is 35.4 Å². The van der Waals surface area contributed by atoms with Gasteiger partial charge in [0.2, 0.25) is 0 Å². The minimum absolute atomic E-state index is 0.0250. The topological polar surface area (TPSA) is 39.1 Å². The van der Waals surface area contributed by atoms with Gasteiger partial charge in [0.25, 0.3) is 0 Å². The van der Waals surface area contributed by atoms with Crippen molar-refractivity contribution in [2.24, 2.45) is 4.99 Å². The molecule has 1 fully saturated rings. The highest BCUT2D eigenvalue weighted by atomic mass is 32.2. The number of aliphatic hydroxyl groups excluding tert-OH is 1. The quantitative estimate of drug-likeness (QED) is 0.914. The molecule has 1 aromatic carbocycles. The Balaban J connectivity index is 1.53. The molecule has 0 saturated carbocycles. The average molecular weight is 341 g/mol. The summed E-state index contributed by atoms with van der Waals surface area (Å²) in [6, 6.07) is 3.19. The maximum Gasteiger partial charge on any atom is 0.159 e. The Morgan fingerprint density at radius 3 is 2.70 bits per heavy atom. The van der Waals surface area contributed by atoms with Gasteiger partial charge in [0.1, 0.15) is 11.6 Å². The number of hydrogen-bond acceptors (Lipinski definition) is 5. The summed E-state index contributed by atoms with van der Waals surface area (Å²) < 4.78 is 26.9. The summed E-state index contributed by atoms with van der Waals surface area (Å²) in [6.45, 7) is 6.60. The molecule has 126 valence electrons. The van der Waals surface area contributed by atoms with Gasteiger partial charge in [-0.1, -0.05) is 18.7 Å². The number of thioether (sulfide) groups is 1. The fourth-order valence-corrected chi connectivity index (χ4v) is 3.86. The molecule has 3 rings (SSSR count). The molecule has 1 N–H and O–H groups in total. The van der Waals surface area contributed by atoms with Gasteiger partial charge in [-0.2, -0.15) is 0 Å². The van der Waals surface area contributed by atoms with E-state index in [0.29, 0.717) is 11.8 Å². The van der Waals surface area contributed by atoms with Crippen LogP contribution in [0.3, 0.4) is 0 Å². The van der Waals surface area contributed by atoms with Crippen LogP contribution in [0.25, 0.3) is 0 Å². The van der Waals surface area contributed by atoms with Gasteiger partial charge in [-0.3, -0.25) is 9.89 Å². The van der Waals surface area contributed by atoms with Crippen LogP contribution >= 0.6 is 11.8 Å². The molecule has 7 heteroatoms. The fourth-order valence-electron chi connectivity index (χ4n) is 2.87. The number of nitrogens with zero attached hydrogens (tertiary/aromatic N) is 3. The third-order valence-electron chi connectivity index (χ3n) is 4.18. The molecule has 1 aromatic rings. The zero-order valence-corrected chi connectivity index (χ0v) is 13.9. The van der Waals surface area contributed by atoms with Gasteiger partial charge < -0.3 is 10.0 Å². The molecular weight excluding hydrogens is 320 g/mol. The number of benzene rings is 1. The van der Waals surface area contributed by atoms with Crippen LogP contribution in [-0.4, -0.2) is 64.6 Å². The molecule has 0 radical (unpaired) electrons. The monoisotopic (exact) mass is 341 g/mol. The number of aliphatic hydroxyl groups is 1. The van der Waals surface area contributed by atoms with Crippen molar-refractivity contribution in [3.63, 3.8) is 0 Å². The molecule has 0 aliphatic carbocycles. The number of β-amino-alcohol motifs (C(OH)–C–C–N with tert-alkyl or cyclic N) is 1. The van der Waals surface area contributed by atoms with Crippen molar-refractivity contribution in [1.29, 1.82) is 0 Å². The SMILES string of the molecule is CC1CN=C(N2CCN(CC(O)c3cc(F)ccc3F)CC2)S1. The Bertz CT molecular complexity index is 591. The molecule has 2 aliphatic rings. The first-order valence-electron chi connectivity index (χ1n) is 7.84. The molecule has 2 unspecified atom stereocenters. The lowest BCUT2D eigenvalue weighted by Crippen LogP contribution is -2.48. The zero-order chi connectivity index (χ0) is 16.4. The van der Waals surface area contributed by atoms with Crippen molar-refractivity contribution in [2.45, 2.75) is 18.3 Å². The summed E-state index contributed by atoms with van der Waals surface area (Å²) in [5.74, 6) is -1.10. The maximum absolute atomic E-state index is 13.7. The molecule has 0 spiro atoms. The van der Waals surface area contributed by atoms with E-state index in [1.54, 1.807) is 11.8 Å². The molecule has 23 heavy (non-hydrogen) atoms. The van der Waals surface area contributed by atoms with Crippen LogP contribution in [0.2, 0.25) is 0 Å². The van der Waals surface area contributed by atoms with Gasteiger partial charge in [0, 0.05) is 43.5 Å².